The zero-order valence-corrected chi connectivity index (χ0v) is 14.9. The molecule has 2 nitrogen and oxygen atoms in total. The predicted molar refractivity (Wildman–Crippen MR) is 90.5 cm³/mol. The van der Waals surface area contributed by atoms with Crippen LogP contribution in [0.3, 0.4) is 0 Å². The Morgan fingerprint density at radius 3 is 2.24 bits per heavy atom. The molecule has 1 fully saturated rings. The molecular formula is C19H38O2. The highest BCUT2D eigenvalue weighted by atomic mass is 16.5. The second-order valence-electron chi connectivity index (χ2n) is 7.70. The first kappa shape index (κ1) is 19.0. The molecule has 1 aliphatic carbocycles. The number of hydrogen-bond acceptors (Lipinski definition) is 2. The standard InChI is InChI=1S/C19H38O2/c1-5-6-7-8-9-10-11-12-16-13-14-19(2,3)18(21-4)17(16)15-20/h16-18,20H,5-15H2,1-4H3/t16-,17+,18-/m1/s1. The van der Waals surface area contributed by atoms with Gasteiger partial charge < -0.3 is 9.84 Å². The Bertz CT molecular complexity index is 262. The van der Waals surface area contributed by atoms with Crippen molar-refractivity contribution in [1.82, 2.24) is 0 Å². The van der Waals surface area contributed by atoms with E-state index in [0.29, 0.717) is 11.8 Å². The van der Waals surface area contributed by atoms with Gasteiger partial charge in [-0.05, 0) is 24.2 Å². The minimum atomic E-state index is 0.207. The first-order valence-corrected chi connectivity index (χ1v) is 9.20. The van der Waals surface area contributed by atoms with Crippen LogP contribution in [0.4, 0.5) is 0 Å². The molecule has 0 saturated heterocycles. The third kappa shape index (κ3) is 5.90. The lowest BCUT2D eigenvalue weighted by molar-refractivity contribution is -0.101. The van der Waals surface area contributed by atoms with E-state index < -0.39 is 0 Å². The first-order valence-electron chi connectivity index (χ1n) is 9.20. The van der Waals surface area contributed by atoms with Crippen LogP contribution >= 0.6 is 0 Å². The lowest BCUT2D eigenvalue weighted by atomic mass is 9.64. The first-order chi connectivity index (χ1) is 10.1. The highest BCUT2D eigenvalue weighted by Crippen LogP contribution is 2.45. The number of ether oxygens (including phenoxy) is 1. The highest BCUT2D eigenvalue weighted by molar-refractivity contribution is 4.93. The van der Waals surface area contributed by atoms with Crippen LogP contribution in [-0.4, -0.2) is 24.9 Å². The van der Waals surface area contributed by atoms with E-state index in [1.54, 1.807) is 0 Å². The largest absolute Gasteiger partial charge is 0.396 e. The fraction of sp³-hybridized carbons (Fsp3) is 1.00. The number of unbranched alkanes of at least 4 members (excludes halogenated alkanes) is 6. The Morgan fingerprint density at radius 2 is 1.67 bits per heavy atom. The number of hydrogen-bond donors (Lipinski definition) is 1. The van der Waals surface area contributed by atoms with Gasteiger partial charge in [-0.2, -0.15) is 0 Å². The van der Waals surface area contributed by atoms with Gasteiger partial charge >= 0.3 is 0 Å². The Balaban J connectivity index is 2.30. The lowest BCUT2D eigenvalue weighted by Gasteiger charge is -2.46. The molecule has 126 valence electrons. The molecule has 1 rings (SSSR count). The van der Waals surface area contributed by atoms with Gasteiger partial charge in [0, 0.05) is 19.6 Å². The van der Waals surface area contributed by atoms with E-state index in [2.05, 4.69) is 20.8 Å². The molecular weight excluding hydrogens is 260 g/mol. The van der Waals surface area contributed by atoms with Crippen molar-refractivity contribution in [2.75, 3.05) is 13.7 Å². The van der Waals surface area contributed by atoms with Crippen LogP contribution < -0.4 is 0 Å². The van der Waals surface area contributed by atoms with Crippen LogP contribution in [0, 0.1) is 17.3 Å². The molecule has 0 aliphatic heterocycles. The summed E-state index contributed by atoms with van der Waals surface area (Å²) < 4.78 is 5.75. The van der Waals surface area contributed by atoms with Crippen LogP contribution in [0.15, 0.2) is 0 Å². The Hall–Kier alpha value is -0.0800. The van der Waals surface area contributed by atoms with Crippen LogP contribution in [0.5, 0.6) is 0 Å². The molecule has 0 amide bonds. The summed E-state index contributed by atoms with van der Waals surface area (Å²) in [4.78, 5) is 0. The molecule has 21 heavy (non-hydrogen) atoms. The van der Waals surface area contributed by atoms with Gasteiger partial charge in [0.1, 0.15) is 0 Å². The number of methoxy groups -OCH3 is 1. The maximum atomic E-state index is 9.81. The number of aliphatic hydroxyl groups excluding tert-OH is 1. The Morgan fingerprint density at radius 1 is 1.05 bits per heavy atom. The molecule has 0 unspecified atom stereocenters. The van der Waals surface area contributed by atoms with Crippen LogP contribution in [0.2, 0.25) is 0 Å². The minimum Gasteiger partial charge on any atom is -0.396 e. The zero-order valence-electron chi connectivity index (χ0n) is 14.9. The van der Waals surface area contributed by atoms with Gasteiger partial charge in [0.05, 0.1) is 6.10 Å². The fourth-order valence-corrected chi connectivity index (χ4v) is 4.20. The minimum absolute atomic E-state index is 0.207. The summed E-state index contributed by atoms with van der Waals surface area (Å²) in [5, 5.41) is 9.81. The predicted octanol–water partition coefficient (Wildman–Crippen LogP) is 5.19. The zero-order chi connectivity index (χ0) is 15.7. The molecule has 0 heterocycles. The van der Waals surface area contributed by atoms with Crippen molar-refractivity contribution in [2.24, 2.45) is 17.3 Å². The maximum absolute atomic E-state index is 9.81. The summed E-state index contributed by atoms with van der Waals surface area (Å²) in [5.74, 6) is 0.988. The normalized spacial score (nSPS) is 28.7. The van der Waals surface area contributed by atoms with Gasteiger partial charge in [-0.3, -0.25) is 0 Å². The second-order valence-corrected chi connectivity index (χ2v) is 7.70. The second kappa shape index (κ2) is 9.84. The molecule has 3 atom stereocenters. The molecule has 0 spiro atoms. The third-order valence-corrected chi connectivity index (χ3v) is 5.57. The number of aliphatic hydroxyl groups is 1. The molecule has 1 aliphatic rings. The summed E-state index contributed by atoms with van der Waals surface area (Å²) in [7, 11) is 1.81. The molecule has 0 aromatic heterocycles. The smallest absolute Gasteiger partial charge is 0.0674 e. The average Bonchev–Trinajstić information content (AvgIpc) is 2.46. The van der Waals surface area contributed by atoms with Crippen molar-refractivity contribution in [3.8, 4) is 0 Å². The van der Waals surface area contributed by atoms with E-state index in [1.165, 1.54) is 64.2 Å². The molecule has 0 bridgehead atoms. The molecule has 1 N–H and O–H groups in total. The van der Waals surface area contributed by atoms with Crippen molar-refractivity contribution in [1.29, 1.82) is 0 Å². The van der Waals surface area contributed by atoms with E-state index in [-0.39, 0.29) is 18.1 Å². The van der Waals surface area contributed by atoms with Gasteiger partial charge in [0.25, 0.3) is 0 Å². The monoisotopic (exact) mass is 298 g/mol. The molecule has 1 saturated carbocycles. The molecule has 0 aromatic carbocycles. The van der Waals surface area contributed by atoms with Gasteiger partial charge in [-0.25, -0.2) is 0 Å². The van der Waals surface area contributed by atoms with Gasteiger partial charge in [-0.15, -0.1) is 0 Å². The molecule has 0 aromatic rings. The molecule has 0 radical (unpaired) electrons. The number of rotatable bonds is 10. The summed E-state index contributed by atoms with van der Waals surface area (Å²) in [6.45, 7) is 7.12. The highest BCUT2D eigenvalue weighted by Gasteiger charge is 2.43. The quantitative estimate of drug-likeness (QED) is 0.563. The third-order valence-electron chi connectivity index (χ3n) is 5.57. The van der Waals surface area contributed by atoms with E-state index >= 15 is 0 Å². The van der Waals surface area contributed by atoms with Gasteiger partial charge in [0.2, 0.25) is 0 Å². The van der Waals surface area contributed by atoms with Gasteiger partial charge in [0.15, 0.2) is 0 Å². The summed E-state index contributed by atoms with van der Waals surface area (Å²) >= 11 is 0. The van der Waals surface area contributed by atoms with Crippen LogP contribution in [-0.2, 0) is 4.74 Å². The Labute approximate surface area is 132 Å². The van der Waals surface area contributed by atoms with Crippen molar-refractivity contribution in [3.05, 3.63) is 0 Å². The average molecular weight is 299 g/mol. The van der Waals surface area contributed by atoms with Crippen molar-refractivity contribution >= 4 is 0 Å². The van der Waals surface area contributed by atoms with Crippen molar-refractivity contribution in [2.45, 2.75) is 91.1 Å². The lowest BCUT2D eigenvalue weighted by Crippen LogP contribution is -2.47. The van der Waals surface area contributed by atoms with Crippen LogP contribution in [0.25, 0.3) is 0 Å². The van der Waals surface area contributed by atoms with Crippen LogP contribution in [0.1, 0.15) is 85.0 Å². The van der Waals surface area contributed by atoms with E-state index in [1.807, 2.05) is 7.11 Å². The summed E-state index contributed by atoms with van der Waals surface area (Å²) in [6, 6.07) is 0. The van der Waals surface area contributed by atoms with E-state index in [9.17, 15) is 5.11 Å². The van der Waals surface area contributed by atoms with E-state index in [4.69, 9.17) is 4.74 Å². The van der Waals surface area contributed by atoms with E-state index in [0.717, 1.165) is 0 Å². The molecule has 2 heteroatoms. The van der Waals surface area contributed by atoms with Crippen molar-refractivity contribution in [3.63, 3.8) is 0 Å². The van der Waals surface area contributed by atoms with Gasteiger partial charge in [-0.1, -0.05) is 72.1 Å². The van der Waals surface area contributed by atoms with Crippen molar-refractivity contribution < 1.29 is 9.84 Å². The maximum Gasteiger partial charge on any atom is 0.0674 e. The Kier molecular flexibility index (Phi) is 8.89. The summed E-state index contributed by atoms with van der Waals surface area (Å²) in [6.07, 6.45) is 13.6. The summed E-state index contributed by atoms with van der Waals surface area (Å²) in [5.41, 5.74) is 0.207. The fourth-order valence-electron chi connectivity index (χ4n) is 4.20. The topological polar surface area (TPSA) is 29.5 Å². The SMILES string of the molecule is CCCCCCCCC[C@@H]1CCC(C)(C)[C@H](OC)[C@H]1CO.